The zero-order valence-corrected chi connectivity index (χ0v) is 11.6. The lowest BCUT2D eigenvalue weighted by Gasteiger charge is -2.12. The lowest BCUT2D eigenvalue weighted by Crippen LogP contribution is -2.12. The molecule has 0 radical (unpaired) electrons. The Kier molecular flexibility index (Phi) is 3.49. The second kappa shape index (κ2) is 5.29. The van der Waals surface area contributed by atoms with Crippen molar-refractivity contribution in [2.24, 2.45) is 5.73 Å². The van der Waals surface area contributed by atoms with Crippen LogP contribution < -0.4 is 5.73 Å². The fraction of sp³-hybridized carbons (Fsp3) is 0.375. The Bertz CT molecular complexity index is 640. The molecule has 0 spiro atoms. The highest BCUT2D eigenvalue weighted by Crippen LogP contribution is 2.27. The van der Waals surface area contributed by atoms with Gasteiger partial charge in [-0.1, -0.05) is 18.6 Å². The molecule has 1 aromatic carbocycles. The van der Waals surface area contributed by atoms with Gasteiger partial charge in [0.1, 0.15) is 5.82 Å². The third-order valence-corrected chi connectivity index (χ3v) is 3.91. The molecule has 0 saturated carbocycles. The van der Waals surface area contributed by atoms with Crippen molar-refractivity contribution in [1.29, 1.82) is 0 Å². The van der Waals surface area contributed by atoms with Gasteiger partial charge in [-0.15, -0.1) is 0 Å². The van der Waals surface area contributed by atoms with Crippen LogP contribution in [0.3, 0.4) is 0 Å². The SMILES string of the molecule is Cc1ccc(-c2ncc3c(n2)CCCCC3N)cc1F. The molecule has 1 heterocycles. The van der Waals surface area contributed by atoms with Crippen molar-refractivity contribution in [1.82, 2.24) is 9.97 Å². The monoisotopic (exact) mass is 271 g/mol. The first-order valence-electron chi connectivity index (χ1n) is 7.03. The number of nitrogens with two attached hydrogens (primary N) is 1. The summed E-state index contributed by atoms with van der Waals surface area (Å²) in [4.78, 5) is 8.97. The van der Waals surface area contributed by atoms with Crippen LogP contribution in [0.4, 0.5) is 4.39 Å². The molecule has 2 aromatic rings. The summed E-state index contributed by atoms with van der Waals surface area (Å²) < 4.78 is 13.7. The number of rotatable bonds is 1. The molecule has 0 saturated heterocycles. The highest BCUT2D eigenvalue weighted by atomic mass is 19.1. The van der Waals surface area contributed by atoms with Crippen molar-refractivity contribution in [2.45, 2.75) is 38.6 Å². The lowest BCUT2D eigenvalue weighted by atomic mass is 10.1. The Balaban J connectivity index is 2.03. The summed E-state index contributed by atoms with van der Waals surface area (Å²) in [5.41, 5.74) is 9.54. The van der Waals surface area contributed by atoms with Crippen LogP contribution in [0.1, 0.15) is 42.1 Å². The minimum absolute atomic E-state index is 0.0244. The predicted octanol–water partition coefficient (Wildman–Crippen LogP) is 3.32. The van der Waals surface area contributed by atoms with Crippen LogP contribution in [0.5, 0.6) is 0 Å². The van der Waals surface area contributed by atoms with E-state index >= 15 is 0 Å². The number of nitrogens with zero attached hydrogens (tertiary/aromatic N) is 2. The summed E-state index contributed by atoms with van der Waals surface area (Å²) in [6.07, 6.45) is 5.93. The van der Waals surface area contributed by atoms with E-state index in [1.54, 1.807) is 13.0 Å². The number of fused-ring (bicyclic) bond motifs is 1. The van der Waals surface area contributed by atoms with Crippen molar-refractivity contribution in [3.8, 4) is 11.4 Å². The third kappa shape index (κ3) is 2.43. The molecule has 1 aromatic heterocycles. The van der Waals surface area contributed by atoms with Crippen LogP contribution in [0.25, 0.3) is 11.4 Å². The van der Waals surface area contributed by atoms with E-state index < -0.39 is 0 Å². The Morgan fingerprint density at radius 3 is 2.95 bits per heavy atom. The topological polar surface area (TPSA) is 51.8 Å². The summed E-state index contributed by atoms with van der Waals surface area (Å²) in [6, 6.07) is 5.13. The highest BCUT2D eigenvalue weighted by molar-refractivity contribution is 5.56. The number of hydrogen-bond donors (Lipinski definition) is 1. The highest BCUT2D eigenvalue weighted by Gasteiger charge is 2.18. The Morgan fingerprint density at radius 2 is 2.15 bits per heavy atom. The fourth-order valence-corrected chi connectivity index (χ4v) is 2.62. The van der Waals surface area contributed by atoms with Crippen molar-refractivity contribution < 1.29 is 4.39 Å². The largest absolute Gasteiger partial charge is 0.324 e. The lowest BCUT2D eigenvalue weighted by molar-refractivity contribution is 0.614. The second-order valence-corrected chi connectivity index (χ2v) is 5.41. The zero-order valence-electron chi connectivity index (χ0n) is 11.6. The van der Waals surface area contributed by atoms with E-state index in [0.717, 1.165) is 36.9 Å². The molecule has 0 amide bonds. The molecule has 1 aliphatic rings. The molecule has 4 heteroatoms. The molecule has 20 heavy (non-hydrogen) atoms. The molecule has 1 atom stereocenters. The van der Waals surface area contributed by atoms with Gasteiger partial charge in [-0.25, -0.2) is 14.4 Å². The summed E-state index contributed by atoms with van der Waals surface area (Å²) in [6.45, 7) is 1.75. The first-order chi connectivity index (χ1) is 9.65. The number of benzene rings is 1. The van der Waals surface area contributed by atoms with E-state index in [1.807, 2.05) is 12.3 Å². The van der Waals surface area contributed by atoms with Crippen LogP contribution in [-0.4, -0.2) is 9.97 Å². The maximum Gasteiger partial charge on any atom is 0.159 e. The first kappa shape index (κ1) is 13.2. The average molecular weight is 271 g/mol. The van der Waals surface area contributed by atoms with Gasteiger partial charge in [0.05, 0.1) is 0 Å². The fourth-order valence-electron chi connectivity index (χ4n) is 2.62. The minimum atomic E-state index is -0.224. The van der Waals surface area contributed by atoms with Gasteiger partial charge < -0.3 is 5.73 Å². The maximum atomic E-state index is 13.7. The molecule has 1 aliphatic carbocycles. The summed E-state index contributed by atoms with van der Waals surface area (Å²) in [7, 11) is 0. The van der Waals surface area contributed by atoms with Gasteiger partial charge >= 0.3 is 0 Å². The van der Waals surface area contributed by atoms with E-state index in [4.69, 9.17) is 5.73 Å². The quantitative estimate of drug-likeness (QED) is 0.809. The molecule has 0 fully saturated rings. The van der Waals surface area contributed by atoms with E-state index in [9.17, 15) is 4.39 Å². The van der Waals surface area contributed by atoms with Gasteiger partial charge in [0, 0.05) is 29.1 Å². The van der Waals surface area contributed by atoms with Crippen LogP contribution in [-0.2, 0) is 6.42 Å². The average Bonchev–Trinajstić information content (AvgIpc) is 2.63. The van der Waals surface area contributed by atoms with E-state index in [2.05, 4.69) is 9.97 Å². The molecular formula is C16H18FN3. The van der Waals surface area contributed by atoms with Crippen molar-refractivity contribution in [3.05, 3.63) is 47.0 Å². The third-order valence-electron chi connectivity index (χ3n) is 3.91. The molecule has 0 bridgehead atoms. The van der Waals surface area contributed by atoms with Gasteiger partial charge in [-0.05, 0) is 37.8 Å². The molecule has 3 nitrogen and oxygen atoms in total. The Labute approximate surface area is 118 Å². The molecule has 1 unspecified atom stereocenters. The maximum absolute atomic E-state index is 13.7. The van der Waals surface area contributed by atoms with Gasteiger partial charge in [0.25, 0.3) is 0 Å². The van der Waals surface area contributed by atoms with E-state index in [-0.39, 0.29) is 11.9 Å². The predicted molar refractivity (Wildman–Crippen MR) is 76.6 cm³/mol. The van der Waals surface area contributed by atoms with Crippen LogP contribution in [0.2, 0.25) is 0 Å². The van der Waals surface area contributed by atoms with E-state index in [1.165, 1.54) is 6.07 Å². The second-order valence-electron chi connectivity index (χ2n) is 5.41. The van der Waals surface area contributed by atoms with Gasteiger partial charge in [0.15, 0.2) is 5.82 Å². The molecule has 104 valence electrons. The Morgan fingerprint density at radius 1 is 1.30 bits per heavy atom. The van der Waals surface area contributed by atoms with Crippen LogP contribution in [0.15, 0.2) is 24.4 Å². The van der Waals surface area contributed by atoms with Crippen molar-refractivity contribution in [3.63, 3.8) is 0 Å². The molecule has 3 rings (SSSR count). The number of hydrogen-bond acceptors (Lipinski definition) is 3. The van der Waals surface area contributed by atoms with E-state index in [0.29, 0.717) is 17.0 Å². The number of aryl methyl sites for hydroxylation is 2. The molecular weight excluding hydrogens is 253 g/mol. The smallest absolute Gasteiger partial charge is 0.159 e. The van der Waals surface area contributed by atoms with Crippen molar-refractivity contribution in [2.75, 3.05) is 0 Å². The van der Waals surface area contributed by atoms with Crippen molar-refractivity contribution >= 4 is 0 Å². The Hall–Kier alpha value is -1.81. The summed E-state index contributed by atoms with van der Waals surface area (Å²) in [5, 5.41) is 0. The van der Waals surface area contributed by atoms with Gasteiger partial charge in [-0.2, -0.15) is 0 Å². The standard InChI is InChI=1S/C16H18FN3/c1-10-6-7-11(8-13(10)17)16-19-9-12-14(18)4-2-3-5-15(12)20-16/h6-9,14H,2-5,18H2,1H3. The molecule has 0 aliphatic heterocycles. The van der Waals surface area contributed by atoms with Gasteiger partial charge in [0.2, 0.25) is 0 Å². The number of halogens is 1. The normalized spacial score (nSPS) is 18.4. The first-order valence-corrected chi connectivity index (χ1v) is 7.03. The number of aromatic nitrogens is 2. The van der Waals surface area contributed by atoms with Crippen LogP contribution in [0, 0.1) is 12.7 Å². The minimum Gasteiger partial charge on any atom is -0.324 e. The summed E-state index contributed by atoms with van der Waals surface area (Å²) in [5.74, 6) is 0.356. The van der Waals surface area contributed by atoms with Gasteiger partial charge in [-0.3, -0.25) is 0 Å². The summed E-state index contributed by atoms with van der Waals surface area (Å²) >= 11 is 0. The molecule has 2 N–H and O–H groups in total. The van der Waals surface area contributed by atoms with Crippen LogP contribution >= 0.6 is 0 Å². The zero-order chi connectivity index (χ0) is 14.1.